The molecule has 1 aromatic heterocycles. The minimum absolute atomic E-state index is 0.116. The number of benzene rings is 1. The summed E-state index contributed by atoms with van der Waals surface area (Å²) in [6, 6.07) is 9.24. The van der Waals surface area contributed by atoms with Crippen LogP contribution in [0.2, 0.25) is 5.02 Å². The van der Waals surface area contributed by atoms with Crippen LogP contribution in [0.3, 0.4) is 0 Å². The number of amides is 1. The van der Waals surface area contributed by atoms with Gasteiger partial charge in [-0.1, -0.05) is 29.8 Å². The van der Waals surface area contributed by atoms with Gasteiger partial charge in [0, 0.05) is 34.1 Å². The topological polar surface area (TPSA) is 38.3 Å². The summed E-state index contributed by atoms with van der Waals surface area (Å²) in [5.74, 6) is -0.116. The largest absolute Gasteiger partial charge is 0.375 e. The fourth-order valence-corrected chi connectivity index (χ4v) is 3.36. The lowest BCUT2D eigenvalue weighted by Crippen LogP contribution is -2.28. The molecule has 0 aliphatic rings. The van der Waals surface area contributed by atoms with Crippen molar-refractivity contribution in [3.05, 3.63) is 55.6 Å². The van der Waals surface area contributed by atoms with Gasteiger partial charge >= 0.3 is 0 Å². The Morgan fingerprint density at radius 2 is 2.25 bits per heavy atom. The van der Waals surface area contributed by atoms with E-state index in [1.165, 1.54) is 11.3 Å². The van der Waals surface area contributed by atoms with Gasteiger partial charge in [0.15, 0.2) is 0 Å². The van der Waals surface area contributed by atoms with E-state index < -0.39 is 0 Å². The summed E-state index contributed by atoms with van der Waals surface area (Å²) in [5.41, 5.74) is 0.865. The van der Waals surface area contributed by atoms with Crippen LogP contribution in [-0.2, 0) is 4.74 Å². The van der Waals surface area contributed by atoms with Crippen molar-refractivity contribution in [2.24, 2.45) is 0 Å². The maximum Gasteiger partial charge on any atom is 0.261 e. The number of hydrogen-bond acceptors (Lipinski definition) is 3. The molecule has 106 valence electrons. The van der Waals surface area contributed by atoms with Crippen LogP contribution in [-0.4, -0.2) is 19.6 Å². The van der Waals surface area contributed by atoms with Crippen LogP contribution in [0, 0.1) is 0 Å². The van der Waals surface area contributed by atoms with E-state index in [-0.39, 0.29) is 12.0 Å². The Kier molecular flexibility index (Phi) is 5.60. The molecule has 1 N–H and O–H groups in total. The van der Waals surface area contributed by atoms with Crippen molar-refractivity contribution in [2.75, 3.05) is 13.7 Å². The predicted octanol–water partition coefficient (Wildman–Crippen LogP) is 4.28. The first kappa shape index (κ1) is 15.5. The van der Waals surface area contributed by atoms with Gasteiger partial charge in [-0.2, -0.15) is 0 Å². The number of carbonyl (C=O) groups is 1. The summed E-state index contributed by atoms with van der Waals surface area (Å²) in [7, 11) is 1.60. The average Bonchev–Trinajstić information content (AvgIpc) is 2.88. The molecule has 0 fully saturated rings. The summed E-state index contributed by atoms with van der Waals surface area (Å²) >= 11 is 10.9. The highest BCUT2D eigenvalue weighted by molar-refractivity contribution is 9.10. The molecule has 0 radical (unpaired) electrons. The number of ether oxygens (including phenoxy) is 1. The molecule has 2 aromatic rings. The summed E-state index contributed by atoms with van der Waals surface area (Å²) in [4.78, 5) is 12.6. The molecule has 20 heavy (non-hydrogen) atoms. The van der Waals surface area contributed by atoms with Crippen LogP contribution in [0.1, 0.15) is 21.3 Å². The van der Waals surface area contributed by atoms with Crippen molar-refractivity contribution in [1.29, 1.82) is 0 Å². The molecule has 1 aromatic carbocycles. The summed E-state index contributed by atoms with van der Waals surface area (Å²) in [6.45, 7) is 0.370. The van der Waals surface area contributed by atoms with E-state index in [2.05, 4.69) is 21.2 Å². The van der Waals surface area contributed by atoms with Crippen molar-refractivity contribution in [3.8, 4) is 0 Å². The predicted molar refractivity (Wildman–Crippen MR) is 85.6 cm³/mol. The Bertz CT molecular complexity index is 602. The summed E-state index contributed by atoms with van der Waals surface area (Å²) < 4.78 is 6.31. The lowest BCUT2D eigenvalue weighted by molar-refractivity contribution is 0.0831. The van der Waals surface area contributed by atoms with Crippen molar-refractivity contribution in [1.82, 2.24) is 5.32 Å². The zero-order valence-electron chi connectivity index (χ0n) is 10.7. The number of thiophene rings is 1. The molecule has 0 saturated carbocycles. The number of halogens is 2. The summed E-state index contributed by atoms with van der Waals surface area (Å²) in [6.07, 6.45) is -0.268. The van der Waals surface area contributed by atoms with Gasteiger partial charge in [-0.25, -0.2) is 0 Å². The maximum absolute atomic E-state index is 12.0. The van der Waals surface area contributed by atoms with E-state index in [1.54, 1.807) is 19.2 Å². The smallest absolute Gasteiger partial charge is 0.261 e. The molecule has 0 saturated heterocycles. The van der Waals surface area contributed by atoms with Crippen molar-refractivity contribution in [2.45, 2.75) is 6.10 Å². The third kappa shape index (κ3) is 3.82. The van der Waals surface area contributed by atoms with Gasteiger partial charge in [-0.05, 0) is 28.1 Å². The van der Waals surface area contributed by atoms with Crippen LogP contribution in [0.15, 0.2) is 40.2 Å². The zero-order chi connectivity index (χ0) is 14.5. The molecule has 1 heterocycles. The van der Waals surface area contributed by atoms with Gasteiger partial charge in [0.1, 0.15) is 6.10 Å². The van der Waals surface area contributed by atoms with Crippen LogP contribution in [0.5, 0.6) is 0 Å². The molecular formula is C14H13BrClNO2S. The fourth-order valence-electron chi connectivity index (χ4n) is 1.76. The van der Waals surface area contributed by atoms with Crippen LogP contribution in [0.25, 0.3) is 0 Å². The fraction of sp³-hybridized carbons (Fsp3) is 0.214. The highest BCUT2D eigenvalue weighted by Gasteiger charge is 2.16. The Morgan fingerprint density at radius 3 is 2.85 bits per heavy atom. The van der Waals surface area contributed by atoms with Gasteiger partial charge < -0.3 is 10.1 Å². The van der Waals surface area contributed by atoms with E-state index in [1.807, 2.05) is 23.6 Å². The molecule has 1 atom stereocenters. The number of nitrogens with one attached hydrogen (secondary N) is 1. The normalized spacial score (nSPS) is 12.2. The minimum Gasteiger partial charge on any atom is -0.375 e. The number of carbonyl (C=O) groups excluding carboxylic acids is 1. The van der Waals surface area contributed by atoms with Crippen molar-refractivity contribution >= 4 is 44.8 Å². The average molecular weight is 375 g/mol. The molecule has 2 rings (SSSR count). The molecule has 0 aliphatic carbocycles. The van der Waals surface area contributed by atoms with Crippen molar-refractivity contribution in [3.63, 3.8) is 0 Å². The molecule has 3 nitrogen and oxygen atoms in total. The monoisotopic (exact) mass is 373 g/mol. The zero-order valence-corrected chi connectivity index (χ0v) is 13.9. The minimum atomic E-state index is -0.268. The Balaban J connectivity index is 2.01. The third-order valence-electron chi connectivity index (χ3n) is 2.78. The first-order chi connectivity index (χ1) is 9.61. The van der Waals surface area contributed by atoms with Gasteiger partial charge in [0.05, 0.1) is 4.88 Å². The Hall–Kier alpha value is -0.880. The molecular weight excluding hydrogens is 362 g/mol. The van der Waals surface area contributed by atoms with Gasteiger partial charge in [-0.15, -0.1) is 11.3 Å². The lowest BCUT2D eigenvalue weighted by atomic mass is 10.1. The summed E-state index contributed by atoms with van der Waals surface area (Å²) in [5, 5.41) is 5.36. The van der Waals surface area contributed by atoms with E-state index >= 15 is 0 Å². The molecule has 0 aliphatic heterocycles. The number of hydrogen-bond donors (Lipinski definition) is 1. The van der Waals surface area contributed by atoms with E-state index in [0.29, 0.717) is 16.4 Å². The SMILES string of the molecule is CO[C@H](CNC(=O)c1cc(Br)cs1)c1ccccc1Cl. The molecule has 0 spiro atoms. The van der Waals surface area contributed by atoms with Gasteiger partial charge in [0.2, 0.25) is 0 Å². The second-order valence-corrected chi connectivity index (χ2v) is 6.32. The van der Waals surface area contributed by atoms with Crippen molar-refractivity contribution < 1.29 is 9.53 Å². The van der Waals surface area contributed by atoms with E-state index in [9.17, 15) is 4.79 Å². The molecule has 0 bridgehead atoms. The number of rotatable bonds is 5. The second-order valence-electron chi connectivity index (χ2n) is 4.09. The van der Waals surface area contributed by atoms with E-state index in [4.69, 9.17) is 16.3 Å². The third-order valence-corrected chi connectivity index (χ3v) is 4.81. The molecule has 0 unspecified atom stereocenters. The maximum atomic E-state index is 12.0. The molecule has 6 heteroatoms. The van der Waals surface area contributed by atoms with Crippen LogP contribution >= 0.6 is 38.9 Å². The lowest BCUT2D eigenvalue weighted by Gasteiger charge is -2.17. The van der Waals surface area contributed by atoms with E-state index in [0.717, 1.165) is 10.0 Å². The second kappa shape index (κ2) is 7.22. The van der Waals surface area contributed by atoms with Gasteiger partial charge in [-0.3, -0.25) is 4.79 Å². The standard InChI is InChI=1S/C14H13BrClNO2S/c1-19-12(10-4-2-3-5-11(10)16)7-17-14(18)13-6-9(15)8-20-13/h2-6,8,12H,7H2,1H3,(H,17,18)/t12-/m1/s1. The first-order valence-electron chi connectivity index (χ1n) is 5.91. The quantitative estimate of drug-likeness (QED) is 0.848. The highest BCUT2D eigenvalue weighted by Crippen LogP contribution is 2.25. The first-order valence-corrected chi connectivity index (χ1v) is 7.96. The Morgan fingerprint density at radius 1 is 1.50 bits per heavy atom. The molecule has 1 amide bonds. The van der Waals surface area contributed by atoms with Gasteiger partial charge in [0.25, 0.3) is 5.91 Å². The van der Waals surface area contributed by atoms with Crippen LogP contribution in [0.4, 0.5) is 0 Å². The Labute approximate surface area is 135 Å². The number of methoxy groups -OCH3 is 1. The highest BCUT2D eigenvalue weighted by atomic mass is 79.9. The van der Waals surface area contributed by atoms with Crippen LogP contribution < -0.4 is 5.32 Å².